The van der Waals surface area contributed by atoms with Crippen molar-refractivity contribution in [3.8, 4) is 5.88 Å². The molecule has 0 fully saturated rings. The Hall–Kier alpha value is -2.89. The first-order valence-corrected chi connectivity index (χ1v) is 6.38. The number of azo groups is 1. The monoisotopic (exact) mass is 283 g/mol. The van der Waals surface area contributed by atoms with Gasteiger partial charge in [0.2, 0.25) is 5.88 Å². The van der Waals surface area contributed by atoms with Crippen LogP contribution in [0.25, 0.3) is 10.9 Å². The minimum absolute atomic E-state index is 0.102. The van der Waals surface area contributed by atoms with Crippen molar-refractivity contribution in [3.63, 3.8) is 0 Å². The summed E-state index contributed by atoms with van der Waals surface area (Å²) in [5.74, 6) is -0.614. The molecule has 0 spiro atoms. The quantitative estimate of drug-likeness (QED) is 0.696. The van der Waals surface area contributed by atoms with Gasteiger partial charge in [-0.25, -0.2) is 0 Å². The summed E-state index contributed by atoms with van der Waals surface area (Å²) < 4.78 is 4.94. The fourth-order valence-electron chi connectivity index (χ4n) is 2.13. The predicted molar refractivity (Wildman–Crippen MR) is 77.0 cm³/mol. The van der Waals surface area contributed by atoms with Crippen LogP contribution in [0.1, 0.15) is 21.7 Å². The van der Waals surface area contributed by atoms with E-state index in [0.29, 0.717) is 5.39 Å². The third-order valence-electron chi connectivity index (χ3n) is 3.43. The van der Waals surface area contributed by atoms with E-state index in [0.717, 1.165) is 16.6 Å². The van der Waals surface area contributed by atoms with Gasteiger partial charge in [-0.05, 0) is 37.1 Å². The van der Waals surface area contributed by atoms with E-state index >= 15 is 0 Å². The Labute approximate surface area is 120 Å². The Morgan fingerprint density at radius 3 is 2.81 bits per heavy atom. The van der Waals surface area contributed by atoms with Gasteiger partial charge in [0.1, 0.15) is 0 Å². The van der Waals surface area contributed by atoms with E-state index in [9.17, 15) is 9.90 Å². The summed E-state index contributed by atoms with van der Waals surface area (Å²) in [6.45, 7) is 3.93. The third kappa shape index (κ3) is 2.20. The van der Waals surface area contributed by atoms with Gasteiger partial charge in [0.25, 0.3) is 0 Å². The molecule has 0 saturated carbocycles. The molecule has 1 aromatic carbocycles. The van der Waals surface area contributed by atoms with Gasteiger partial charge < -0.3 is 14.5 Å². The van der Waals surface area contributed by atoms with Crippen molar-refractivity contribution >= 4 is 22.5 Å². The van der Waals surface area contributed by atoms with E-state index in [1.165, 1.54) is 12.3 Å². The number of carbonyl (C=O) groups excluding carboxylic acids is 1. The number of hydrogen-bond acceptors (Lipinski definition) is 4. The maximum absolute atomic E-state index is 11.7. The van der Waals surface area contributed by atoms with Crippen LogP contribution in [0, 0.1) is 13.8 Å². The normalized spacial score (nSPS) is 11.5. The number of aromatic amines is 1. The molecule has 0 aliphatic carbocycles. The summed E-state index contributed by atoms with van der Waals surface area (Å²) in [5.41, 5.74) is 3.14. The van der Waals surface area contributed by atoms with E-state index in [-0.39, 0.29) is 17.3 Å². The van der Waals surface area contributed by atoms with Crippen LogP contribution in [0.2, 0.25) is 0 Å². The molecule has 2 N–H and O–H groups in total. The van der Waals surface area contributed by atoms with Gasteiger partial charge in [0, 0.05) is 5.39 Å². The highest BCUT2D eigenvalue weighted by Gasteiger charge is 2.14. The van der Waals surface area contributed by atoms with Crippen molar-refractivity contribution in [3.05, 3.63) is 47.4 Å². The van der Waals surface area contributed by atoms with E-state index in [4.69, 9.17) is 4.42 Å². The Balaban J connectivity index is 2.03. The number of nitrogens with one attached hydrogen (secondary N) is 1. The maximum atomic E-state index is 11.7. The zero-order chi connectivity index (χ0) is 15.0. The second-order valence-corrected chi connectivity index (χ2v) is 4.73. The number of benzene rings is 1. The number of hydrogen-bond donors (Lipinski definition) is 2. The number of carbonyl (C=O) groups is 1. The molecule has 3 rings (SSSR count). The Morgan fingerprint density at radius 1 is 1.29 bits per heavy atom. The first kappa shape index (κ1) is 13.1. The van der Waals surface area contributed by atoms with E-state index in [2.05, 4.69) is 15.2 Å². The average Bonchev–Trinajstić information content (AvgIpc) is 3.09. The molecule has 0 atom stereocenters. The molecule has 0 aliphatic rings. The number of rotatable bonds is 2. The average molecular weight is 283 g/mol. The molecule has 21 heavy (non-hydrogen) atoms. The molecule has 106 valence electrons. The predicted octanol–water partition coefficient (Wildman–Crippen LogP) is 4.01. The molecule has 6 heteroatoms. The molecule has 0 bridgehead atoms. The van der Waals surface area contributed by atoms with Gasteiger partial charge in [-0.2, -0.15) is 0 Å². The Kier molecular flexibility index (Phi) is 3.06. The van der Waals surface area contributed by atoms with E-state index < -0.39 is 5.91 Å². The van der Waals surface area contributed by atoms with Gasteiger partial charge in [0.15, 0.2) is 11.4 Å². The number of H-pyrrole nitrogens is 1. The molecule has 2 aromatic heterocycles. The summed E-state index contributed by atoms with van der Waals surface area (Å²) in [6, 6.07) is 6.86. The SMILES string of the molecule is Cc1ccc2c(N=NC(=O)c3ccco3)c(O)[nH]c2c1C. The minimum Gasteiger partial charge on any atom is -0.493 e. The first-order chi connectivity index (χ1) is 10.1. The number of amides is 1. The molecule has 2 heterocycles. The first-order valence-electron chi connectivity index (χ1n) is 6.38. The summed E-state index contributed by atoms with van der Waals surface area (Å²) in [7, 11) is 0. The van der Waals surface area contributed by atoms with Crippen molar-refractivity contribution in [1.82, 2.24) is 4.98 Å². The Bertz CT molecular complexity index is 845. The highest BCUT2D eigenvalue weighted by atomic mass is 16.3. The molecule has 0 aliphatic heterocycles. The molecular formula is C15H13N3O3. The molecule has 0 unspecified atom stereocenters. The lowest BCUT2D eigenvalue weighted by Crippen LogP contribution is -1.89. The molecule has 3 aromatic rings. The summed E-state index contributed by atoms with van der Waals surface area (Å²) in [6.07, 6.45) is 1.39. The van der Waals surface area contributed by atoms with Gasteiger partial charge in [-0.15, -0.1) is 10.2 Å². The molecule has 0 radical (unpaired) electrons. The summed E-state index contributed by atoms with van der Waals surface area (Å²) >= 11 is 0. The maximum Gasteiger partial charge on any atom is 0.331 e. The molecule has 1 amide bonds. The van der Waals surface area contributed by atoms with Gasteiger partial charge >= 0.3 is 5.91 Å². The van der Waals surface area contributed by atoms with Crippen LogP contribution >= 0.6 is 0 Å². The topological polar surface area (TPSA) is 90.9 Å². The molecular weight excluding hydrogens is 270 g/mol. The molecule has 6 nitrogen and oxygen atoms in total. The second kappa shape index (κ2) is 4.90. The lowest BCUT2D eigenvalue weighted by Gasteiger charge is -2.00. The van der Waals surface area contributed by atoms with Crippen molar-refractivity contribution in [1.29, 1.82) is 0 Å². The number of nitrogens with zero attached hydrogens (tertiary/aromatic N) is 2. The number of aromatic nitrogens is 1. The van der Waals surface area contributed by atoms with Crippen LogP contribution in [0.5, 0.6) is 5.88 Å². The zero-order valence-electron chi connectivity index (χ0n) is 11.5. The van der Waals surface area contributed by atoms with Crippen LogP contribution in [-0.2, 0) is 0 Å². The van der Waals surface area contributed by atoms with Crippen LogP contribution in [0.3, 0.4) is 0 Å². The zero-order valence-corrected chi connectivity index (χ0v) is 11.5. The number of fused-ring (bicyclic) bond motifs is 1. The summed E-state index contributed by atoms with van der Waals surface area (Å²) in [5, 5.41) is 18.1. The number of furan rings is 1. The van der Waals surface area contributed by atoms with Gasteiger partial charge in [-0.1, -0.05) is 12.1 Å². The summed E-state index contributed by atoms with van der Waals surface area (Å²) in [4.78, 5) is 14.6. The largest absolute Gasteiger partial charge is 0.493 e. The standard InChI is InChI=1S/C15H13N3O3/c1-8-5-6-10-12(9(8)2)16-15(20)13(10)17-18-14(19)11-4-3-7-21-11/h3-7,16,20H,1-2H3. The highest BCUT2D eigenvalue weighted by molar-refractivity contribution is 5.97. The van der Waals surface area contributed by atoms with Gasteiger partial charge in [-0.3, -0.25) is 4.79 Å². The van der Waals surface area contributed by atoms with Gasteiger partial charge in [0.05, 0.1) is 11.8 Å². The number of aromatic hydroxyl groups is 1. The smallest absolute Gasteiger partial charge is 0.331 e. The van der Waals surface area contributed by atoms with Crippen molar-refractivity contribution in [2.45, 2.75) is 13.8 Å². The van der Waals surface area contributed by atoms with Crippen molar-refractivity contribution in [2.75, 3.05) is 0 Å². The number of aryl methyl sites for hydroxylation is 2. The van der Waals surface area contributed by atoms with E-state index in [1.807, 2.05) is 26.0 Å². The van der Waals surface area contributed by atoms with E-state index in [1.54, 1.807) is 6.07 Å². The lowest BCUT2D eigenvalue weighted by molar-refractivity contribution is 0.0968. The minimum atomic E-state index is -0.599. The van der Waals surface area contributed by atoms with Crippen LogP contribution in [0.15, 0.2) is 45.2 Å². The fourth-order valence-corrected chi connectivity index (χ4v) is 2.13. The fraction of sp³-hybridized carbons (Fsp3) is 0.133. The van der Waals surface area contributed by atoms with Crippen LogP contribution in [-0.4, -0.2) is 16.0 Å². The Morgan fingerprint density at radius 2 is 2.10 bits per heavy atom. The van der Waals surface area contributed by atoms with Crippen LogP contribution in [0.4, 0.5) is 5.69 Å². The van der Waals surface area contributed by atoms with Crippen molar-refractivity contribution in [2.24, 2.45) is 10.2 Å². The molecule has 0 saturated heterocycles. The van der Waals surface area contributed by atoms with Crippen molar-refractivity contribution < 1.29 is 14.3 Å². The van der Waals surface area contributed by atoms with Crippen LogP contribution < -0.4 is 0 Å². The second-order valence-electron chi connectivity index (χ2n) is 4.73. The lowest BCUT2D eigenvalue weighted by atomic mass is 10.1. The third-order valence-corrected chi connectivity index (χ3v) is 3.43. The highest BCUT2D eigenvalue weighted by Crippen LogP contribution is 2.37.